The second-order valence-electron chi connectivity index (χ2n) is 7.28. The van der Waals surface area contributed by atoms with Crippen molar-refractivity contribution in [2.24, 2.45) is 0 Å². The van der Waals surface area contributed by atoms with Crippen LogP contribution in [0.25, 0.3) is 22.0 Å². The summed E-state index contributed by atoms with van der Waals surface area (Å²) in [5.41, 5.74) is 3.94. The van der Waals surface area contributed by atoms with Crippen LogP contribution in [0.1, 0.15) is 35.7 Å². The molecule has 150 valence electrons. The predicted molar refractivity (Wildman–Crippen MR) is 125 cm³/mol. The van der Waals surface area contributed by atoms with Crippen molar-refractivity contribution in [2.75, 3.05) is 5.75 Å². The fraction of sp³-hybridized carbons (Fsp3) is 0.192. The van der Waals surface area contributed by atoms with E-state index in [1.165, 1.54) is 30.2 Å². The summed E-state index contributed by atoms with van der Waals surface area (Å²) in [6.45, 7) is 2.19. The van der Waals surface area contributed by atoms with Gasteiger partial charge in [-0.3, -0.25) is 4.79 Å². The summed E-state index contributed by atoms with van der Waals surface area (Å²) < 4.78 is 0. The number of aromatic nitrogens is 2. The summed E-state index contributed by atoms with van der Waals surface area (Å²) in [5.74, 6) is 0.456. The number of benzene rings is 3. The summed E-state index contributed by atoms with van der Waals surface area (Å²) in [5, 5.41) is 11.8. The number of fused-ring (bicyclic) bond motifs is 1. The molecule has 4 heteroatoms. The standard InChI is InChI=1S/C26H24N2OS/c1-2-3-9-19-14-16-20(17-15-19)24(29)18-30-26-23-13-8-7-12-22(23)25(27-28-26)21-10-5-4-6-11-21/h4-8,10-17H,2-3,9,18H2,1H3. The fourth-order valence-electron chi connectivity index (χ4n) is 3.45. The minimum Gasteiger partial charge on any atom is -0.293 e. The molecule has 4 rings (SSSR count). The van der Waals surface area contributed by atoms with Crippen molar-refractivity contribution in [3.63, 3.8) is 0 Å². The van der Waals surface area contributed by atoms with Gasteiger partial charge in [0.1, 0.15) is 10.7 Å². The summed E-state index contributed by atoms with van der Waals surface area (Å²) in [6.07, 6.45) is 3.41. The van der Waals surface area contributed by atoms with Crippen molar-refractivity contribution in [1.29, 1.82) is 0 Å². The zero-order chi connectivity index (χ0) is 20.8. The van der Waals surface area contributed by atoms with Gasteiger partial charge < -0.3 is 0 Å². The van der Waals surface area contributed by atoms with Crippen LogP contribution >= 0.6 is 11.8 Å². The van der Waals surface area contributed by atoms with Gasteiger partial charge >= 0.3 is 0 Å². The lowest BCUT2D eigenvalue weighted by Gasteiger charge is -2.09. The Hall–Kier alpha value is -2.98. The molecule has 1 aromatic heterocycles. The van der Waals surface area contributed by atoms with Crippen LogP contribution in [-0.2, 0) is 6.42 Å². The number of Topliss-reactive ketones (excluding diaryl/α,β-unsaturated/α-hetero) is 1. The third-order valence-electron chi connectivity index (χ3n) is 5.14. The zero-order valence-electron chi connectivity index (χ0n) is 17.0. The number of carbonyl (C=O) groups is 1. The van der Waals surface area contributed by atoms with E-state index >= 15 is 0 Å². The molecule has 0 amide bonds. The molecule has 0 saturated carbocycles. The quantitative estimate of drug-likeness (QED) is 0.241. The van der Waals surface area contributed by atoms with Crippen LogP contribution in [0.3, 0.4) is 0 Å². The van der Waals surface area contributed by atoms with Crippen LogP contribution in [-0.4, -0.2) is 21.7 Å². The van der Waals surface area contributed by atoms with Crippen molar-refractivity contribution in [3.8, 4) is 11.3 Å². The third-order valence-corrected chi connectivity index (χ3v) is 6.12. The van der Waals surface area contributed by atoms with E-state index in [0.29, 0.717) is 5.75 Å². The number of nitrogens with zero attached hydrogens (tertiary/aromatic N) is 2. The van der Waals surface area contributed by atoms with E-state index in [0.717, 1.165) is 39.0 Å². The Bertz CT molecular complexity index is 1140. The second-order valence-corrected chi connectivity index (χ2v) is 8.24. The van der Waals surface area contributed by atoms with E-state index in [4.69, 9.17) is 0 Å². The van der Waals surface area contributed by atoms with Crippen LogP contribution in [0.15, 0.2) is 83.9 Å². The monoisotopic (exact) mass is 412 g/mol. The van der Waals surface area contributed by atoms with E-state index in [9.17, 15) is 4.79 Å². The molecule has 0 atom stereocenters. The minimum atomic E-state index is 0.111. The van der Waals surface area contributed by atoms with Gasteiger partial charge in [0.25, 0.3) is 0 Å². The number of rotatable bonds is 8. The molecule has 30 heavy (non-hydrogen) atoms. The van der Waals surface area contributed by atoms with Gasteiger partial charge in [-0.25, -0.2) is 0 Å². The maximum Gasteiger partial charge on any atom is 0.173 e. The molecule has 3 nitrogen and oxygen atoms in total. The SMILES string of the molecule is CCCCc1ccc(C(=O)CSc2nnc(-c3ccccc3)c3ccccc23)cc1. The molecular weight excluding hydrogens is 388 g/mol. The fourth-order valence-corrected chi connectivity index (χ4v) is 4.32. The zero-order valence-corrected chi connectivity index (χ0v) is 17.9. The first-order valence-electron chi connectivity index (χ1n) is 10.3. The van der Waals surface area contributed by atoms with Gasteiger partial charge in [0.15, 0.2) is 5.78 Å². The predicted octanol–water partition coefficient (Wildman–Crippen LogP) is 6.61. The Balaban J connectivity index is 1.52. The summed E-state index contributed by atoms with van der Waals surface area (Å²) in [4.78, 5) is 12.7. The molecule has 0 unspecified atom stereocenters. The number of unbranched alkanes of at least 4 members (excludes halogenated alkanes) is 1. The number of ketones is 1. The van der Waals surface area contributed by atoms with Gasteiger partial charge in [-0.1, -0.05) is 104 Å². The van der Waals surface area contributed by atoms with Gasteiger partial charge in [-0.2, -0.15) is 0 Å². The normalized spacial score (nSPS) is 11.0. The second kappa shape index (κ2) is 9.68. The number of thioether (sulfide) groups is 1. The average Bonchev–Trinajstić information content (AvgIpc) is 2.82. The summed E-state index contributed by atoms with van der Waals surface area (Å²) in [7, 11) is 0. The number of hydrogen-bond donors (Lipinski definition) is 0. The van der Waals surface area contributed by atoms with Gasteiger partial charge in [-0.15, -0.1) is 10.2 Å². The molecule has 4 aromatic rings. The lowest BCUT2D eigenvalue weighted by molar-refractivity contribution is 0.102. The van der Waals surface area contributed by atoms with Crippen molar-refractivity contribution in [3.05, 3.63) is 90.0 Å². The molecule has 0 spiro atoms. The summed E-state index contributed by atoms with van der Waals surface area (Å²) in [6, 6.07) is 26.2. The highest BCUT2D eigenvalue weighted by Gasteiger charge is 2.13. The Morgan fingerprint density at radius 2 is 1.53 bits per heavy atom. The van der Waals surface area contributed by atoms with Crippen LogP contribution in [0.2, 0.25) is 0 Å². The van der Waals surface area contributed by atoms with E-state index in [-0.39, 0.29) is 5.78 Å². The van der Waals surface area contributed by atoms with Crippen molar-refractivity contribution in [2.45, 2.75) is 31.2 Å². The Labute approximate surface area is 181 Å². The molecule has 0 radical (unpaired) electrons. The highest BCUT2D eigenvalue weighted by Crippen LogP contribution is 2.31. The molecule has 0 aliphatic rings. The first kappa shape index (κ1) is 20.3. The van der Waals surface area contributed by atoms with E-state index in [1.807, 2.05) is 60.7 Å². The lowest BCUT2D eigenvalue weighted by Crippen LogP contribution is -2.03. The Morgan fingerprint density at radius 1 is 0.833 bits per heavy atom. The highest BCUT2D eigenvalue weighted by atomic mass is 32.2. The maximum atomic E-state index is 12.7. The average molecular weight is 413 g/mol. The first-order valence-corrected chi connectivity index (χ1v) is 11.3. The Morgan fingerprint density at radius 3 is 2.27 bits per heavy atom. The van der Waals surface area contributed by atoms with Gasteiger partial charge in [-0.05, 0) is 18.4 Å². The van der Waals surface area contributed by atoms with E-state index in [1.54, 1.807) is 0 Å². The van der Waals surface area contributed by atoms with Crippen molar-refractivity contribution < 1.29 is 4.79 Å². The van der Waals surface area contributed by atoms with Crippen molar-refractivity contribution >= 4 is 28.3 Å². The molecule has 3 aromatic carbocycles. The van der Waals surface area contributed by atoms with Crippen molar-refractivity contribution in [1.82, 2.24) is 10.2 Å². The molecule has 0 N–H and O–H groups in total. The smallest absolute Gasteiger partial charge is 0.173 e. The molecular formula is C26H24N2OS. The highest BCUT2D eigenvalue weighted by molar-refractivity contribution is 8.00. The van der Waals surface area contributed by atoms with Crippen LogP contribution < -0.4 is 0 Å². The first-order chi connectivity index (χ1) is 14.8. The molecule has 0 fully saturated rings. The molecule has 0 aliphatic carbocycles. The lowest BCUT2D eigenvalue weighted by atomic mass is 10.0. The number of carbonyl (C=O) groups excluding carboxylic acids is 1. The van der Waals surface area contributed by atoms with Crippen LogP contribution in [0.4, 0.5) is 0 Å². The molecule has 1 heterocycles. The largest absolute Gasteiger partial charge is 0.293 e. The number of aryl methyl sites for hydroxylation is 1. The topological polar surface area (TPSA) is 42.9 Å². The van der Waals surface area contributed by atoms with Crippen LogP contribution in [0.5, 0.6) is 0 Å². The molecule has 0 aliphatic heterocycles. The molecule has 0 bridgehead atoms. The molecule has 0 saturated heterocycles. The van der Waals surface area contributed by atoms with E-state index in [2.05, 4.69) is 35.3 Å². The summed E-state index contributed by atoms with van der Waals surface area (Å²) >= 11 is 1.45. The van der Waals surface area contributed by atoms with Gasteiger partial charge in [0.2, 0.25) is 0 Å². The number of hydrogen-bond acceptors (Lipinski definition) is 4. The van der Waals surface area contributed by atoms with Gasteiger partial charge in [0, 0.05) is 21.9 Å². The minimum absolute atomic E-state index is 0.111. The third kappa shape index (κ3) is 4.60. The van der Waals surface area contributed by atoms with Crippen LogP contribution in [0, 0.1) is 0 Å². The van der Waals surface area contributed by atoms with Gasteiger partial charge in [0.05, 0.1) is 5.75 Å². The maximum absolute atomic E-state index is 12.7. The van der Waals surface area contributed by atoms with E-state index < -0.39 is 0 Å². The Kier molecular flexibility index (Phi) is 6.55.